The van der Waals surface area contributed by atoms with Crippen molar-refractivity contribution >= 4 is 5.96 Å². The number of aromatic nitrogens is 2. The standard InChI is InChI=1S/C20H29N5O/c1-21-20(23-8-3-11-26-15-17-6-7-17)24-13-18-4-2-5-19(12-18)14-25-10-9-22-16-25/h2,4-5,9-10,12,16-17H,3,6-8,11,13-15H2,1H3,(H2,21,23,24). The Morgan fingerprint density at radius 2 is 2.19 bits per heavy atom. The Hall–Kier alpha value is -2.34. The van der Waals surface area contributed by atoms with E-state index in [1.165, 1.54) is 24.0 Å². The molecule has 6 nitrogen and oxygen atoms in total. The lowest BCUT2D eigenvalue weighted by atomic mass is 10.1. The summed E-state index contributed by atoms with van der Waals surface area (Å²) in [6, 6.07) is 8.57. The molecule has 3 rings (SSSR count). The molecule has 0 radical (unpaired) electrons. The third-order valence-corrected chi connectivity index (χ3v) is 4.41. The van der Waals surface area contributed by atoms with Crippen LogP contribution in [-0.4, -0.2) is 42.3 Å². The number of benzene rings is 1. The van der Waals surface area contributed by atoms with Crippen LogP contribution in [0.3, 0.4) is 0 Å². The summed E-state index contributed by atoms with van der Waals surface area (Å²) in [5.41, 5.74) is 2.50. The summed E-state index contributed by atoms with van der Waals surface area (Å²) >= 11 is 0. The van der Waals surface area contributed by atoms with Gasteiger partial charge < -0.3 is 19.9 Å². The van der Waals surface area contributed by atoms with Gasteiger partial charge in [-0.15, -0.1) is 0 Å². The molecule has 6 heteroatoms. The fourth-order valence-corrected chi connectivity index (χ4v) is 2.75. The Kier molecular flexibility index (Phi) is 7.07. The van der Waals surface area contributed by atoms with E-state index in [0.717, 1.165) is 51.1 Å². The zero-order valence-corrected chi connectivity index (χ0v) is 15.5. The van der Waals surface area contributed by atoms with Crippen molar-refractivity contribution in [2.45, 2.75) is 32.4 Å². The van der Waals surface area contributed by atoms with Crippen LogP contribution >= 0.6 is 0 Å². The molecule has 0 aliphatic heterocycles. The van der Waals surface area contributed by atoms with Gasteiger partial charge in [-0.1, -0.05) is 24.3 Å². The number of ether oxygens (including phenoxy) is 1. The predicted octanol–water partition coefficient (Wildman–Crippen LogP) is 2.41. The maximum absolute atomic E-state index is 5.65. The van der Waals surface area contributed by atoms with Crippen LogP contribution in [0.1, 0.15) is 30.4 Å². The van der Waals surface area contributed by atoms with Crippen LogP contribution in [0.15, 0.2) is 48.0 Å². The monoisotopic (exact) mass is 355 g/mol. The first kappa shape index (κ1) is 18.5. The van der Waals surface area contributed by atoms with Gasteiger partial charge in [0.1, 0.15) is 0 Å². The van der Waals surface area contributed by atoms with E-state index in [9.17, 15) is 0 Å². The van der Waals surface area contributed by atoms with E-state index >= 15 is 0 Å². The molecule has 0 unspecified atom stereocenters. The molecule has 0 spiro atoms. The minimum Gasteiger partial charge on any atom is -0.381 e. The molecule has 1 fully saturated rings. The van der Waals surface area contributed by atoms with Crippen molar-refractivity contribution in [1.29, 1.82) is 0 Å². The van der Waals surface area contributed by atoms with E-state index in [0.29, 0.717) is 0 Å². The molecule has 0 bridgehead atoms. The zero-order chi connectivity index (χ0) is 18.0. The molecule has 1 saturated carbocycles. The number of nitrogens with zero attached hydrogens (tertiary/aromatic N) is 3. The lowest BCUT2D eigenvalue weighted by molar-refractivity contribution is 0.123. The maximum Gasteiger partial charge on any atom is 0.191 e. The topological polar surface area (TPSA) is 63.5 Å². The lowest BCUT2D eigenvalue weighted by Gasteiger charge is -2.13. The van der Waals surface area contributed by atoms with Gasteiger partial charge in [0.2, 0.25) is 0 Å². The van der Waals surface area contributed by atoms with Gasteiger partial charge in [-0.25, -0.2) is 4.98 Å². The molecule has 140 valence electrons. The van der Waals surface area contributed by atoms with E-state index in [1.807, 2.05) is 12.5 Å². The smallest absolute Gasteiger partial charge is 0.191 e. The molecule has 0 saturated heterocycles. The summed E-state index contributed by atoms with van der Waals surface area (Å²) in [6.45, 7) is 4.20. The molecule has 2 N–H and O–H groups in total. The molecular formula is C20H29N5O. The molecule has 1 aliphatic rings. The first-order chi connectivity index (χ1) is 12.8. The Balaban J connectivity index is 1.36. The normalized spacial score (nSPS) is 14.4. The maximum atomic E-state index is 5.65. The van der Waals surface area contributed by atoms with Gasteiger partial charge in [0, 0.05) is 52.3 Å². The summed E-state index contributed by atoms with van der Waals surface area (Å²) in [5.74, 6) is 1.66. The van der Waals surface area contributed by atoms with Crippen molar-refractivity contribution in [2.75, 3.05) is 26.8 Å². The van der Waals surface area contributed by atoms with Gasteiger partial charge in [-0.2, -0.15) is 0 Å². The highest BCUT2D eigenvalue weighted by Gasteiger charge is 2.20. The molecule has 2 aromatic rings. The second kappa shape index (κ2) is 9.97. The molecule has 1 aliphatic carbocycles. The number of hydrogen-bond acceptors (Lipinski definition) is 3. The molecule has 1 aromatic heterocycles. The van der Waals surface area contributed by atoms with Crippen LogP contribution in [0.25, 0.3) is 0 Å². The number of imidazole rings is 1. The molecular weight excluding hydrogens is 326 g/mol. The molecule has 0 amide bonds. The molecule has 1 aromatic carbocycles. The third kappa shape index (κ3) is 6.52. The molecule has 1 heterocycles. The van der Waals surface area contributed by atoms with Crippen LogP contribution in [0, 0.1) is 5.92 Å². The van der Waals surface area contributed by atoms with Crippen molar-refractivity contribution in [3.8, 4) is 0 Å². The van der Waals surface area contributed by atoms with Gasteiger partial charge in [0.15, 0.2) is 5.96 Å². The summed E-state index contributed by atoms with van der Waals surface area (Å²) in [6.07, 6.45) is 9.30. The summed E-state index contributed by atoms with van der Waals surface area (Å²) < 4.78 is 7.72. The average Bonchev–Trinajstić information content (AvgIpc) is 3.35. The number of nitrogens with one attached hydrogen (secondary N) is 2. The van der Waals surface area contributed by atoms with Gasteiger partial charge in [0.25, 0.3) is 0 Å². The van der Waals surface area contributed by atoms with Crippen molar-refractivity contribution in [3.05, 3.63) is 54.1 Å². The van der Waals surface area contributed by atoms with E-state index in [-0.39, 0.29) is 0 Å². The van der Waals surface area contributed by atoms with Gasteiger partial charge in [0.05, 0.1) is 6.33 Å². The highest BCUT2D eigenvalue weighted by Crippen LogP contribution is 2.28. The quantitative estimate of drug-likeness (QED) is 0.390. The first-order valence-electron chi connectivity index (χ1n) is 9.39. The number of hydrogen-bond donors (Lipinski definition) is 2. The zero-order valence-electron chi connectivity index (χ0n) is 15.5. The van der Waals surface area contributed by atoms with Crippen molar-refractivity contribution < 1.29 is 4.74 Å². The molecule has 26 heavy (non-hydrogen) atoms. The Bertz CT molecular complexity index is 679. The van der Waals surface area contributed by atoms with Crippen LogP contribution in [0.5, 0.6) is 0 Å². The van der Waals surface area contributed by atoms with E-state index < -0.39 is 0 Å². The van der Waals surface area contributed by atoms with Crippen LogP contribution in [0.2, 0.25) is 0 Å². The number of guanidine groups is 1. The van der Waals surface area contributed by atoms with Gasteiger partial charge in [-0.3, -0.25) is 4.99 Å². The largest absolute Gasteiger partial charge is 0.381 e. The Labute approximate surface area is 155 Å². The second-order valence-corrected chi connectivity index (χ2v) is 6.78. The van der Waals surface area contributed by atoms with E-state index in [2.05, 4.69) is 49.4 Å². The summed E-state index contributed by atoms with van der Waals surface area (Å²) in [4.78, 5) is 8.37. The second-order valence-electron chi connectivity index (χ2n) is 6.78. The SMILES string of the molecule is CN=C(NCCCOCC1CC1)NCc1cccc(Cn2ccnc2)c1. The van der Waals surface area contributed by atoms with Crippen molar-refractivity contribution in [1.82, 2.24) is 20.2 Å². The number of aliphatic imine (C=N–C) groups is 1. The van der Waals surface area contributed by atoms with Crippen LogP contribution in [0.4, 0.5) is 0 Å². The number of rotatable bonds is 10. The van der Waals surface area contributed by atoms with Gasteiger partial charge in [-0.05, 0) is 36.3 Å². The lowest BCUT2D eigenvalue weighted by Crippen LogP contribution is -2.37. The summed E-state index contributed by atoms with van der Waals surface area (Å²) in [5, 5.41) is 6.71. The van der Waals surface area contributed by atoms with Crippen molar-refractivity contribution in [2.24, 2.45) is 10.9 Å². The predicted molar refractivity (Wildman–Crippen MR) is 104 cm³/mol. The Morgan fingerprint density at radius 3 is 2.96 bits per heavy atom. The van der Waals surface area contributed by atoms with E-state index in [1.54, 1.807) is 13.2 Å². The molecule has 0 atom stereocenters. The fourth-order valence-electron chi connectivity index (χ4n) is 2.75. The van der Waals surface area contributed by atoms with E-state index in [4.69, 9.17) is 4.74 Å². The Morgan fingerprint density at radius 1 is 1.31 bits per heavy atom. The van der Waals surface area contributed by atoms with Crippen LogP contribution in [-0.2, 0) is 17.8 Å². The third-order valence-electron chi connectivity index (χ3n) is 4.41. The van der Waals surface area contributed by atoms with Crippen molar-refractivity contribution in [3.63, 3.8) is 0 Å². The fraction of sp³-hybridized carbons (Fsp3) is 0.500. The minimum absolute atomic E-state index is 0.746. The summed E-state index contributed by atoms with van der Waals surface area (Å²) in [7, 11) is 1.80. The minimum atomic E-state index is 0.746. The highest BCUT2D eigenvalue weighted by atomic mass is 16.5. The first-order valence-corrected chi connectivity index (χ1v) is 9.39. The van der Waals surface area contributed by atoms with Crippen LogP contribution < -0.4 is 10.6 Å². The average molecular weight is 355 g/mol. The van der Waals surface area contributed by atoms with Gasteiger partial charge >= 0.3 is 0 Å². The highest BCUT2D eigenvalue weighted by molar-refractivity contribution is 5.79.